The number of nitrogens with one attached hydrogen (secondary N) is 1. The molecule has 0 unspecified atom stereocenters. The first-order valence-electron chi connectivity index (χ1n) is 6.09. The van der Waals surface area contributed by atoms with E-state index in [4.69, 9.17) is 5.26 Å². The smallest absolute Gasteiger partial charge is 0.120 e. The van der Waals surface area contributed by atoms with Gasteiger partial charge >= 0.3 is 0 Å². The maximum Gasteiger partial charge on any atom is 0.120 e. The first-order valence-corrected chi connectivity index (χ1v) is 6.09. The Kier molecular flexibility index (Phi) is 4.16. The number of nitrogens with zero attached hydrogens (tertiary/aromatic N) is 2. The molecule has 0 bridgehead atoms. The summed E-state index contributed by atoms with van der Waals surface area (Å²) < 4.78 is 1.86. The summed E-state index contributed by atoms with van der Waals surface area (Å²) in [5, 5.41) is 12.3. The molecule has 1 aromatic carbocycles. The molecular formula is C15H17N3. The topological polar surface area (TPSA) is 40.8 Å². The van der Waals surface area contributed by atoms with Crippen LogP contribution in [0.5, 0.6) is 0 Å². The van der Waals surface area contributed by atoms with Crippen LogP contribution in [0.3, 0.4) is 0 Å². The van der Waals surface area contributed by atoms with Crippen LogP contribution in [0, 0.1) is 11.3 Å². The summed E-state index contributed by atoms with van der Waals surface area (Å²) >= 11 is 0. The fourth-order valence-electron chi connectivity index (χ4n) is 1.95. The van der Waals surface area contributed by atoms with E-state index in [1.54, 1.807) is 0 Å². The minimum atomic E-state index is 0.704. The average molecular weight is 239 g/mol. The van der Waals surface area contributed by atoms with Crippen molar-refractivity contribution >= 4 is 0 Å². The van der Waals surface area contributed by atoms with Gasteiger partial charge in [-0.25, -0.2) is 0 Å². The summed E-state index contributed by atoms with van der Waals surface area (Å²) in [4.78, 5) is 0. The number of benzene rings is 1. The lowest BCUT2D eigenvalue weighted by Gasteiger charge is -2.03. The Balaban J connectivity index is 1.77. The summed E-state index contributed by atoms with van der Waals surface area (Å²) in [6, 6.07) is 14.5. The second-order valence-corrected chi connectivity index (χ2v) is 4.37. The minimum absolute atomic E-state index is 0.704. The lowest BCUT2D eigenvalue weighted by Crippen LogP contribution is -2.16. The number of hydrogen-bond acceptors (Lipinski definition) is 2. The Bertz CT molecular complexity index is 535. The van der Waals surface area contributed by atoms with Crippen molar-refractivity contribution in [1.29, 1.82) is 5.26 Å². The summed E-state index contributed by atoms with van der Waals surface area (Å²) in [6.45, 7) is 1.75. The van der Waals surface area contributed by atoms with Crippen molar-refractivity contribution in [3.8, 4) is 6.07 Å². The Morgan fingerprint density at radius 2 is 2.00 bits per heavy atom. The molecule has 0 aliphatic heterocycles. The van der Waals surface area contributed by atoms with Crippen LogP contribution in [-0.2, 0) is 20.0 Å². The molecule has 2 rings (SSSR count). The fourth-order valence-corrected chi connectivity index (χ4v) is 1.95. The highest BCUT2D eigenvalue weighted by Crippen LogP contribution is 2.05. The zero-order valence-corrected chi connectivity index (χ0v) is 10.6. The molecule has 0 saturated heterocycles. The molecule has 2 aromatic rings. The van der Waals surface area contributed by atoms with Crippen LogP contribution in [0.4, 0.5) is 0 Å². The van der Waals surface area contributed by atoms with Crippen molar-refractivity contribution in [1.82, 2.24) is 9.88 Å². The van der Waals surface area contributed by atoms with E-state index in [1.165, 1.54) is 5.56 Å². The van der Waals surface area contributed by atoms with Crippen LogP contribution in [0.25, 0.3) is 0 Å². The van der Waals surface area contributed by atoms with Gasteiger partial charge < -0.3 is 9.88 Å². The second kappa shape index (κ2) is 6.04. The van der Waals surface area contributed by atoms with Crippen molar-refractivity contribution < 1.29 is 0 Å². The normalized spacial score (nSPS) is 10.2. The van der Waals surface area contributed by atoms with Gasteiger partial charge in [-0.3, -0.25) is 0 Å². The van der Waals surface area contributed by atoms with E-state index in [2.05, 4.69) is 35.7 Å². The molecule has 0 aliphatic rings. The molecule has 0 atom stereocenters. The van der Waals surface area contributed by atoms with Crippen LogP contribution in [0.2, 0.25) is 0 Å². The number of aromatic nitrogens is 1. The fraction of sp³-hybridized carbons (Fsp3) is 0.267. The van der Waals surface area contributed by atoms with Crippen LogP contribution in [0.1, 0.15) is 16.8 Å². The highest BCUT2D eigenvalue weighted by Gasteiger charge is 2.01. The van der Waals surface area contributed by atoms with E-state index in [-0.39, 0.29) is 0 Å². The third kappa shape index (κ3) is 3.22. The predicted molar refractivity (Wildman–Crippen MR) is 72.0 cm³/mol. The van der Waals surface area contributed by atoms with E-state index < -0.39 is 0 Å². The van der Waals surface area contributed by atoms with E-state index in [1.807, 2.05) is 29.9 Å². The van der Waals surface area contributed by atoms with Gasteiger partial charge in [0.25, 0.3) is 0 Å². The first-order chi connectivity index (χ1) is 8.79. The molecule has 1 heterocycles. The second-order valence-electron chi connectivity index (χ2n) is 4.37. The van der Waals surface area contributed by atoms with Crippen molar-refractivity contribution in [2.45, 2.75) is 13.0 Å². The largest absolute Gasteiger partial charge is 0.342 e. The highest BCUT2D eigenvalue weighted by atomic mass is 14.9. The summed E-state index contributed by atoms with van der Waals surface area (Å²) in [5.41, 5.74) is 3.20. The molecule has 0 amide bonds. The molecule has 18 heavy (non-hydrogen) atoms. The van der Waals surface area contributed by atoms with Crippen molar-refractivity contribution in [2.75, 3.05) is 6.54 Å². The summed E-state index contributed by atoms with van der Waals surface area (Å²) in [7, 11) is 1.89. The van der Waals surface area contributed by atoms with Crippen LogP contribution in [0.15, 0.2) is 42.6 Å². The molecular weight excluding hydrogens is 222 g/mol. The maximum absolute atomic E-state index is 8.86. The van der Waals surface area contributed by atoms with Crippen LogP contribution < -0.4 is 5.32 Å². The number of aryl methyl sites for hydroxylation is 1. The third-order valence-corrected chi connectivity index (χ3v) is 2.94. The van der Waals surface area contributed by atoms with Crippen molar-refractivity contribution in [3.05, 3.63) is 59.4 Å². The molecule has 0 radical (unpaired) electrons. The zero-order chi connectivity index (χ0) is 12.8. The van der Waals surface area contributed by atoms with Gasteiger partial charge in [0.15, 0.2) is 0 Å². The lowest BCUT2D eigenvalue weighted by atomic mass is 10.1. The first kappa shape index (κ1) is 12.4. The highest BCUT2D eigenvalue weighted by molar-refractivity contribution is 5.28. The molecule has 0 saturated carbocycles. The minimum Gasteiger partial charge on any atom is -0.342 e. The van der Waals surface area contributed by atoms with Gasteiger partial charge in [0.05, 0.1) is 0 Å². The van der Waals surface area contributed by atoms with E-state index in [0.29, 0.717) is 5.69 Å². The van der Waals surface area contributed by atoms with E-state index in [0.717, 1.165) is 25.1 Å². The van der Waals surface area contributed by atoms with Gasteiger partial charge in [0.2, 0.25) is 0 Å². The SMILES string of the molecule is Cn1cc(CNCCc2ccccc2)cc1C#N. The quantitative estimate of drug-likeness (QED) is 0.813. The number of rotatable bonds is 5. The van der Waals surface area contributed by atoms with Gasteiger partial charge in [0.1, 0.15) is 11.8 Å². The average Bonchev–Trinajstić information content (AvgIpc) is 2.76. The molecule has 3 nitrogen and oxygen atoms in total. The molecule has 0 spiro atoms. The Labute approximate surface area is 108 Å². The van der Waals surface area contributed by atoms with Gasteiger partial charge in [0, 0.05) is 19.8 Å². The zero-order valence-electron chi connectivity index (χ0n) is 10.6. The molecule has 1 aromatic heterocycles. The Morgan fingerprint density at radius 3 is 2.67 bits per heavy atom. The van der Waals surface area contributed by atoms with Gasteiger partial charge in [-0.05, 0) is 30.2 Å². The Morgan fingerprint density at radius 1 is 1.22 bits per heavy atom. The molecule has 0 fully saturated rings. The van der Waals surface area contributed by atoms with Crippen LogP contribution in [-0.4, -0.2) is 11.1 Å². The number of hydrogen-bond donors (Lipinski definition) is 1. The molecule has 3 heteroatoms. The van der Waals surface area contributed by atoms with Crippen LogP contribution >= 0.6 is 0 Å². The van der Waals surface area contributed by atoms with Gasteiger partial charge in [-0.2, -0.15) is 5.26 Å². The summed E-state index contributed by atoms with van der Waals surface area (Å²) in [5.74, 6) is 0. The van der Waals surface area contributed by atoms with E-state index >= 15 is 0 Å². The van der Waals surface area contributed by atoms with Gasteiger partial charge in [-0.15, -0.1) is 0 Å². The maximum atomic E-state index is 8.86. The lowest BCUT2D eigenvalue weighted by molar-refractivity contribution is 0.686. The van der Waals surface area contributed by atoms with Crippen molar-refractivity contribution in [3.63, 3.8) is 0 Å². The monoisotopic (exact) mass is 239 g/mol. The van der Waals surface area contributed by atoms with Crippen molar-refractivity contribution in [2.24, 2.45) is 7.05 Å². The van der Waals surface area contributed by atoms with Gasteiger partial charge in [-0.1, -0.05) is 30.3 Å². The third-order valence-electron chi connectivity index (χ3n) is 2.94. The molecule has 0 aliphatic carbocycles. The standard InChI is InChI=1S/C15H17N3/c1-18-12-14(9-15(18)10-16)11-17-8-7-13-5-3-2-4-6-13/h2-6,9,12,17H,7-8,11H2,1H3. The molecule has 1 N–H and O–H groups in total. The summed E-state index contributed by atoms with van der Waals surface area (Å²) in [6.07, 6.45) is 3.02. The van der Waals surface area contributed by atoms with E-state index in [9.17, 15) is 0 Å². The molecule has 92 valence electrons. The Hall–Kier alpha value is -2.05. The number of nitriles is 1. The predicted octanol–water partition coefficient (Wildman–Crippen LogP) is 2.23.